The molecule has 1 rings (SSSR count). The molecule has 0 aliphatic rings. The molecule has 0 aliphatic heterocycles. The van der Waals surface area contributed by atoms with Gasteiger partial charge in [0.15, 0.2) is 0 Å². The fourth-order valence-electron chi connectivity index (χ4n) is 1.42. The maximum Gasteiger partial charge on any atom is 0.209 e. The van der Waals surface area contributed by atoms with E-state index in [1.807, 2.05) is 24.3 Å². The molecule has 15 heavy (non-hydrogen) atoms. The first kappa shape index (κ1) is 11.9. The minimum Gasteiger partial charge on any atom is -0.229 e. The first-order valence-corrected chi connectivity index (χ1v) is 6.45. The second kappa shape index (κ2) is 5.09. The van der Waals surface area contributed by atoms with E-state index in [4.69, 9.17) is 5.14 Å². The maximum absolute atomic E-state index is 10.7. The summed E-state index contributed by atoms with van der Waals surface area (Å²) in [5.41, 5.74) is 2.16. The molecule has 0 atom stereocenters. The first-order chi connectivity index (χ1) is 7.03. The van der Waals surface area contributed by atoms with E-state index in [2.05, 4.69) is 6.58 Å². The van der Waals surface area contributed by atoms with Gasteiger partial charge in [0.1, 0.15) is 0 Å². The third-order valence-corrected chi connectivity index (χ3v) is 3.01. The lowest BCUT2D eigenvalue weighted by Crippen LogP contribution is -2.16. The zero-order chi connectivity index (χ0) is 11.3. The van der Waals surface area contributed by atoms with E-state index in [9.17, 15) is 8.42 Å². The summed E-state index contributed by atoms with van der Waals surface area (Å²) < 4.78 is 21.5. The highest BCUT2D eigenvalue weighted by Gasteiger charge is 2.03. The van der Waals surface area contributed by atoms with Gasteiger partial charge in [0.05, 0.1) is 5.75 Å². The van der Waals surface area contributed by atoms with Crippen LogP contribution in [0.15, 0.2) is 30.8 Å². The number of hydrogen-bond donors (Lipinski definition) is 1. The molecule has 82 valence electrons. The van der Waals surface area contributed by atoms with Crippen LogP contribution >= 0.6 is 0 Å². The standard InChI is InChI=1S/C11H15NO2S/c1-2-10-6-3-4-7-11(10)8-5-9-15(12,13)14/h2-4,6-7H,1,5,8-9H2,(H2,12,13,14). The zero-order valence-corrected chi connectivity index (χ0v) is 9.33. The Morgan fingerprint density at radius 3 is 2.60 bits per heavy atom. The Bertz CT molecular complexity index is 438. The van der Waals surface area contributed by atoms with Gasteiger partial charge in [0.2, 0.25) is 10.0 Å². The van der Waals surface area contributed by atoms with E-state index in [0.29, 0.717) is 12.8 Å². The molecular formula is C11H15NO2S. The Labute approximate surface area is 90.7 Å². The van der Waals surface area contributed by atoms with Crippen LogP contribution in [0.1, 0.15) is 17.5 Å². The summed E-state index contributed by atoms with van der Waals surface area (Å²) >= 11 is 0. The average molecular weight is 225 g/mol. The van der Waals surface area contributed by atoms with Gasteiger partial charge in [-0.2, -0.15) is 0 Å². The molecule has 0 saturated heterocycles. The van der Waals surface area contributed by atoms with Gasteiger partial charge >= 0.3 is 0 Å². The van der Waals surface area contributed by atoms with Crippen LogP contribution in [0, 0.1) is 0 Å². The van der Waals surface area contributed by atoms with Crippen molar-refractivity contribution in [1.29, 1.82) is 0 Å². The summed E-state index contributed by atoms with van der Waals surface area (Å²) in [6.07, 6.45) is 3.02. The number of rotatable bonds is 5. The van der Waals surface area contributed by atoms with Crippen molar-refractivity contribution in [1.82, 2.24) is 0 Å². The second-order valence-corrected chi connectivity index (χ2v) is 5.11. The second-order valence-electron chi connectivity index (χ2n) is 3.37. The predicted molar refractivity (Wildman–Crippen MR) is 62.8 cm³/mol. The van der Waals surface area contributed by atoms with E-state index >= 15 is 0 Å². The lowest BCUT2D eigenvalue weighted by Gasteiger charge is -2.04. The number of benzene rings is 1. The molecule has 0 bridgehead atoms. The van der Waals surface area contributed by atoms with Crippen LogP contribution in [0.5, 0.6) is 0 Å². The molecule has 0 heterocycles. The molecule has 3 nitrogen and oxygen atoms in total. The topological polar surface area (TPSA) is 60.2 Å². The van der Waals surface area contributed by atoms with Gasteiger partial charge in [0.25, 0.3) is 0 Å². The van der Waals surface area contributed by atoms with E-state index < -0.39 is 10.0 Å². The van der Waals surface area contributed by atoms with Crippen LogP contribution in [0.25, 0.3) is 6.08 Å². The molecule has 0 radical (unpaired) electrons. The van der Waals surface area contributed by atoms with Gasteiger partial charge in [-0.3, -0.25) is 0 Å². The highest BCUT2D eigenvalue weighted by Crippen LogP contribution is 2.12. The molecule has 0 spiro atoms. The smallest absolute Gasteiger partial charge is 0.209 e. The lowest BCUT2D eigenvalue weighted by molar-refractivity contribution is 0.595. The van der Waals surface area contributed by atoms with Crippen LogP contribution in [0.3, 0.4) is 0 Å². The zero-order valence-electron chi connectivity index (χ0n) is 8.52. The predicted octanol–water partition coefficient (Wildman–Crippen LogP) is 1.55. The average Bonchev–Trinajstić information content (AvgIpc) is 2.16. The molecule has 1 aromatic rings. The van der Waals surface area contributed by atoms with Gasteiger partial charge in [-0.05, 0) is 24.0 Å². The van der Waals surface area contributed by atoms with Gasteiger partial charge in [-0.1, -0.05) is 36.9 Å². The number of aryl methyl sites for hydroxylation is 1. The molecule has 0 aromatic heterocycles. The monoisotopic (exact) mass is 225 g/mol. The summed E-state index contributed by atoms with van der Waals surface area (Å²) in [7, 11) is -3.34. The Balaban J connectivity index is 2.61. The van der Waals surface area contributed by atoms with E-state index in [1.165, 1.54) is 0 Å². The Morgan fingerprint density at radius 1 is 1.33 bits per heavy atom. The van der Waals surface area contributed by atoms with E-state index in [-0.39, 0.29) is 5.75 Å². The van der Waals surface area contributed by atoms with Crippen molar-refractivity contribution < 1.29 is 8.42 Å². The molecule has 0 saturated carbocycles. The van der Waals surface area contributed by atoms with Gasteiger partial charge in [0, 0.05) is 0 Å². The third kappa shape index (κ3) is 4.27. The molecule has 4 heteroatoms. The summed E-state index contributed by atoms with van der Waals surface area (Å²) in [5.74, 6) is 0.0263. The van der Waals surface area contributed by atoms with Crippen molar-refractivity contribution in [2.24, 2.45) is 5.14 Å². The van der Waals surface area contributed by atoms with Crippen molar-refractivity contribution in [3.05, 3.63) is 42.0 Å². The molecule has 1 aromatic carbocycles. The molecular weight excluding hydrogens is 210 g/mol. The largest absolute Gasteiger partial charge is 0.229 e. The van der Waals surface area contributed by atoms with Crippen LogP contribution in [0.2, 0.25) is 0 Å². The minimum absolute atomic E-state index is 0.0263. The van der Waals surface area contributed by atoms with Crippen molar-refractivity contribution in [2.45, 2.75) is 12.8 Å². The van der Waals surface area contributed by atoms with E-state index in [1.54, 1.807) is 6.08 Å². The maximum atomic E-state index is 10.7. The molecule has 0 aliphatic carbocycles. The highest BCUT2D eigenvalue weighted by molar-refractivity contribution is 7.89. The highest BCUT2D eigenvalue weighted by atomic mass is 32.2. The van der Waals surface area contributed by atoms with Crippen LogP contribution in [-0.2, 0) is 16.4 Å². The van der Waals surface area contributed by atoms with Gasteiger partial charge in [-0.15, -0.1) is 0 Å². The van der Waals surface area contributed by atoms with Crippen molar-refractivity contribution >= 4 is 16.1 Å². The number of sulfonamides is 1. The van der Waals surface area contributed by atoms with Gasteiger partial charge < -0.3 is 0 Å². The number of nitrogens with two attached hydrogens (primary N) is 1. The SMILES string of the molecule is C=Cc1ccccc1CCCS(N)(=O)=O. The Hall–Kier alpha value is -1.13. The fraction of sp³-hybridized carbons (Fsp3) is 0.273. The molecule has 0 unspecified atom stereocenters. The van der Waals surface area contributed by atoms with Crippen LogP contribution < -0.4 is 5.14 Å². The van der Waals surface area contributed by atoms with Crippen molar-refractivity contribution in [3.63, 3.8) is 0 Å². The molecule has 0 fully saturated rings. The molecule has 0 amide bonds. The lowest BCUT2D eigenvalue weighted by atomic mass is 10.0. The summed E-state index contributed by atoms with van der Waals surface area (Å²) in [4.78, 5) is 0. The fourth-order valence-corrected chi connectivity index (χ4v) is 1.97. The minimum atomic E-state index is -3.34. The van der Waals surface area contributed by atoms with Gasteiger partial charge in [-0.25, -0.2) is 13.6 Å². The van der Waals surface area contributed by atoms with Crippen molar-refractivity contribution in [2.75, 3.05) is 5.75 Å². The summed E-state index contributed by atoms with van der Waals surface area (Å²) in [6.45, 7) is 3.71. The molecule has 2 N–H and O–H groups in total. The first-order valence-electron chi connectivity index (χ1n) is 4.74. The number of primary sulfonamides is 1. The van der Waals surface area contributed by atoms with Crippen LogP contribution in [-0.4, -0.2) is 14.2 Å². The summed E-state index contributed by atoms with van der Waals surface area (Å²) in [5, 5.41) is 4.92. The quantitative estimate of drug-likeness (QED) is 0.826. The van der Waals surface area contributed by atoms with Crippen LogP contribution in [0.4, 0.5) is 0 Å². The normalized spacial score (nSPS) is 11.3. The Morgan fingerprint density at radius 2 is 2.00 bits per heavy atom. The number of hydrogen-bond acceptors (Lipinski definition) is 2. The Kier molecular flexibility index (Phi) is 4.05. The summed E-state index contributed by atoms with van der Waals surface area (Å²) in [6, 6.07) is 7.79. The van der Waals surface area contributed by atoms with Crippen molar-refractivity contribution in [3.8, 4) is 0 Å². The third-order valence-electron chi connectivity index (χ3n) is 2.15. The van der Waals surface area contributed by atoms with E-state index in [0.717, 1.165) is 11.1 Å².